The monoisotopic (exact) mass is 345 g/mol. The molecule has 0 saturated carbocycles. The average Bonchev–Trinajstić information content (AvgIpc) is 2.35. The first-order valence-corrected chi connectivity index (χ1v) is 7.35. The molecular formula is C11H9BrFN3O2S. The fraction of sp³-hybridized carbons (Fsp3) is 0. The Morgan fingerprint density at radius 2 is 2.00 bits per heavy atom. The number of halogens is 2. The quantitative estimate of drug-likeness (QED) is 0.836. The summed E-state index contributed by atoms with van der Waals surface area (Å²) in [6.45, 7) is 0. The molecule has 2 rings (SSSR count). The topological polar surface area (TPSA) is 85.1 Å². The van der Waals surface area contributed by atoms with E-state index < -0.39 is 15.8 Å². The normalized spacial score (nSPS) is 11.3. The highest BCUT2D eigenvalue weighted by Gasteiger charge is 2.16. The van der Waals surface area contributed by atoms with Crippen LogP contribution in [0.15, 0.2) is 45.9 Å². The van der Waals surface area contributed by atoms with Crippen LogP contribution in [0.1, 0.15) is 0 Å². The molecule has 1 aromatic heterocycles. The Balaban J connectivity index is 2.32. The Hall–Kier alpha value is -1.67. The second-order valence-electron chi connectivity index (χ2n) is 3.65. The molecule has 0 saturated heterocycles. The van der Waals surface area contributed by atoms with E-state index in [9.17, 15) is 12.8 Å². The van der Waals surface area contributed by atoms with Gasteiger partial charge in [-0.25, -0.2) is 17.8 Å². The number of benzene rings is 1. The van der Waals surface area contributed by atoms with E-state index >= 15 is 0 Å². The van der Waals surface area contributed by atoms with Crippen molar-refractivity contribution in [3.8, 4) is 0 Å². The van der Waals surface area contributed by atoms with E-state index in [1.807, 2.05) is 0 Å². The molecule has 1 heterocycles. The smallest absolute Gasteiger partial charge is 0.263 e. The van der Waals surface area contributed by atoms with E-state index in [0.717, 1.165) is 22.7 Å². The number of nitrogens with one attached hydrogen (secondary N) is 1. The largest absolute Gasteiger partial charge is 0.396 e. The molecule has 0 aliphatic heterocycles. The zero-order chi connectivity index (χ0) is 14.0. The Morgan fingerprint density at radius 1 is 1.26 bits per heavy atom. The zero-order valence-corrected chi connectivity index (χ0v) is 11.9. The summed E-state index contributed by atoms with van der Waals surface area (Å²) in [6, 6.07) is 6.32. The number of aromatic nitrogens is 1. The van der Waals surface area contributed by atoms with Crippen molar-refractivity contribution in [2.24, 2.45) is 0 Å². The van der Waals surface area contributed by atoms with Gasteiger partial charge in [0.25, 0.3) is 10.0 Å². The molecule has 1 aromatic carbocycles. The second-order valence-corrected chi connectivity index (χ2v) is 6.25. The van der Waals surface area contributed by atoms with Gasteiger partial charge in [-0.05, 0) is 46.3 Å². The molecule has 0 unspecified atom stereocenters. The third kappa shape index (κ3) is 3.21. The van der Waals surface area contributed by atoms with Crippen molar-refractivity contribution in [3.05, 3.63) is 46.8 Å². The van der Waals surface area contributed by atoms with Crippen LogP contribution in [-0.4, -0.2) is 13.4 Å². The Kier molecular flexibility index (Phi) is 3.72. The predicted molar refractivity (Wildman–Crippen MR) is 73.6 cm³/mol. The van der Waals surface area contributed by atoms with Crippen LogP contribution in [0, 0.1) is 5.82 Å². The number of anilines is 2. The minimum absolute atomic E-state index is 0.129. The summed E-state index contributed by atoms with van der Waals surface area (Å²) in [5, 5.41) is 0. The van der Waals surface area contributed by atoms with Crippen LogP contribution in [0.2, 0.25) is 0 Å². The van der Waals surface area contributed by atoms with Crippen LogP contribution in [0.5, 0.6) is 0 Å². The first kappa shape index (κ1) is 13.8. The first-order valence-electron chi connectivity index (χ1n) is 5.08. The molecule has 0 amide bonds. The van der Waals surface area contributed by atoms with Gasteiger partial charge in [-0.2, -0.15) is 0 Å². The summed E-state index contributed by atoms with van der Waals surface area (Å²) < 4.78 is 40.0. The molecule has 2 aromatic rings. The molecule has 8 heteroatoms. The molecule has 3 N–H and O–H groups in total. The third-order valence-electron chi connectivity index (χ3n) is 2.24. The van der Waals surface area contributed by atoms with E-state index in [0.29, 0.717) is 0 Å². The van der Waals surface area contributed by atoms with Gasteiger partial charge in [0.05, 0.1) is 10.6 Å². The van der Waals surface area contributed by atoms with E-state index in [1.165, 1.54) is 12.3 Å². The summed E-state index contributed by atoms with van der Waals surface area (Å²) >= 11 is 3.19. The molecule has 0 aliphatic rings. The van der Waals surface area contributed by atoms with Gasteiger partial charge < -0.3 is 5.73 Å². The van der Waals surface area contributed by atoms with E-state index in [-0.39, 0.29) is 16.4 Å². The van der Waals surface area contributed by atoms with Crippen molar-refractivity contribution in [2.75, 3.05) is 10.5 Å². The van der Waals surface area contributed by atoms with Crippen LogP contribution < -0.4 is 10.5 Å². The van der Waals surface area contributed by atoms with Crippen molar-refractivity contribution in [3.63, 3.8) is 0 Å². The van der Waals surface area contributed by atoms with E-state index in [1.54, 1.807) is 6.07 Å². The Labute approximate surface area is 117 Å². The maximum absolute atomic E-state index is 13.0. The standard InChI is InChI=1S/C11H9BrFN3O2S/c12-7-1-4-11(15-6-7)16-19(17,18)8-2-3-9(13)10(14)5-8/h1-6H,14H2,(H,15,16). The minimum atomic E-state index is -3.84. The zero-order valence-electron chi connectivity index (χ0n) is 9.47. The predicted octanol–water partition coefficient (Wildman–Crippen LogP) is 2.37. The van der Waals surface area contributed by atoms with Gasteiger partial charge in [0.2, 0.25) is 0 Å². The summed E-state index contributed by atoms with van der Waals surface area (Å²) in [6.07, 6.45) is 1.46. The van der Waals surface area contributed by atoms with Crippen LogP contribution >= 0.6 is 15.9 Å². The molecule has 0 spiro atoms. The molecule has 0 fully saturated rings. The Bertz CT molecular complexity index is 704. The summed E-state index contributed by atoms with van der Waals surface area (Å²) in [5.41, 5.74) is 5.11. The van der Waals surface area contributed by atoms with Crippen LogP contribution in [0.4, 0.5) is 15.9 Å². The number of nitrogens with zero attached hydrogens (tertiary/aromatic N) is 1. The number of rotatable bonds is 3. The summed E-state index contributed by atoms with van der Waals surface area (Å²) in [5.74, 6) is -0.508. The number of hydrogen-bond donors (Lipinski definition) is 2. The second kappa shape index (κ2) is 5.14. The maximum atomic E-state index is 13.0. The number of sulfonamides is 1. The van der Waals surface area contributed by atoms with Gasteiger partial charge in [0.15, 0.2) is 0 Å². The Morgan fingerprint density at radius 3 is 2.58 bits per heavy atom. The SMILES string of the molecule is Nc1cc(S(=O)(=O)Nc2ccc(Br)cn2)ccc1F. The molecule has 5 nitrogen and oxygen atoms in total. The van der Waals surface area contributed by atoms with Crippen molar-refractivity contribution < 1.29 is 12.8 Å². The first-order chi connectivity index (χ1) is 8.88. The molecule has 0 radical (unpaired) electrons. The summed E-state index contributed by atoms with van der Waals surface area (Å²) in [4.78, 5) is 3.76. The number of nitrogens with two attached hydrogens (primary N) is 1. The van der Waals surface area contributed by atoms with Gasteiger partial charge >= 0.3 is 0 Å². The maximum Gasteiger partial charge on any atom is 0.263 e. The van der Waals surface area contributed by atoms with Crippen molar-refractivity contribution in [2.45, 2.75) is 4.90 Å². The van der Waals surface area contributed by atoms with Crippen molar-refractivity contribution in [1.29, 1.82) is 0 Å². The lowest BCUT2D eigenvalue weighted by Gasteiger charge is -2.08. The molecule has 19 heavy (non-hydrogen) atoms. The fourth-order valence-corrected chi connectivity index (χ4v) is 2.60. The fourth-order valence-electron chi connectivity index (χ4n) is 1.32. The van der Waals surface area contributed by atoms with Crippen LogP contribution in [0.3, 0.4) is 0 Å². The lowest BCUT2D eigenvalue weighted by molar-refractivity contribution is 0.600. The van der Waals surface area contributed by atoms with Crippen molar-refractivity contribution in [1.82, 2.24) is 4.98 Å². The molecule has 100 valence electrons. The molecule has 0 atom stereocenters. The summed E-state index contributed by atoms with van der Waals surface area (Å²) in [7, 11) is -3.84. The highest BCUT2D eigenvalue weighted by molar-refractivity contribution is 9.10. The minimum Gasteiger partial charge on any atom is -0.396 e. The number of nitrogen functional groups attached to an aromatic ring is 1. The third-order valence-corrected chi connectivity index (χ3v) is 4.07. The van der Waals surface area contributed by atoms with Gasteiger partial charge in [0.1, 0.15) is 11.6 Å². The lowest BCUT2D eigenvalue weighted by Crippen LogP contribution is -2.14. The van der Waals surface area contributed by atoms with Crippen LogP contribution in [0.25, 0.3) is 0 Å². The molecule has 0 bridgehead atoms. The van der Waals surface area contributed by atoms with Gasteiger partial charge in [-0.1, -0.05) is 0 Å². The van der Waals surface area contributed by atoms with Gasteiger partial charge in [0, 0.05) is 10.7 Å². The number of hydrogen-bond acceptors (Lipinski definition) is 4. The molecular weight excluding hydrogens is 337 g/mol. The average molecular weight is 346 g/mol. The van der Waals surface area contributed by atoms with Gasteiger partial charge in [-0.3, -0.25) is 4.72 Å². The van der Waals surface area contributed by atoms with Crippen LogP contribution in [-0.2, 0) is 10.0 Å². The molecule has 0 aliphatic carbocycles. The van der Waals surface area contributed by atoms with E-state index in [2.05, 4.69) is 25.6 Å². The highest BCUT2D eigenvalue weighted by atomic mass is 79.9. The van der Waals surface area contributed by atoms with Gasteiger partial charge in [-0.15, -0.1) is 0 Å². The highest BCUT2D eigenvalue weighted by Crippen LogP contribution is 2.19. The lowest BCUT2D eigenvalue weighted by atomic mass is 10.3. The number of pyridine rings is 1. The van der Waals surface area contributed by atoms with Crippen molar-refractivity contribution >= 4 is 37.5 Å². The van der Waals surface area contributed by atoms with E-state index in [4.69, 9.17) is 5.73 Å².